The summed E-state index contributed by atoms with van der Waals surface area (Å²) in [6.07, 6.45) is -0.735. The Balaban J connectivity index is 2.13. The van der Waals surface area contributed by atoms with E-state index >= 15 is 0 Å². The van der Waals surface area contributed by atoms with Gasteiger partial charge in [-0.25, -0.2) is 4.98 Å². The van der Waals surface area contributed by atoms with Crippen molar-refractivity contribution in [2.45, 2.75) is 12.8 Å². The van der Waals surface area contributed by atoms with E-state index in [0.717, 1.165) is 17.9 Å². The zero-order valence-electron chi connectivity index (χ0n) is 12.2. The van der Waals surface area contributed by atoms with Crippen molar-refractivity contribution in [1.29, 1.82) is 0 Å². The number of hydrogen-bond donors (Lipinski definition) is 1. The minimum Gasteiger partial charge on any atom is -0.384 e. The highest BCUT2D eigenvalue weighted by Gasteiger charge is 2.32. The van der Waals surface area contributed by atoms with Gasteiger partial charge in [0.1, 0.15) is 5.82 Å². The molecule has 0 spiro atoms. The molecule has 0 aliphatic carbocycles. The van der Waals surface area contributed by atoms with Crippen LogP contribution in [0.5, 0.6) is 0 Å². The van der Waals surface area contributed by atoms with Gasteiger partial charge in [-0.1, -0.05) is 0 Å². The fourth-order valence-corrected chi connectivity index (χ4v) is 2.37. The van der Waals surface area contributed by atoms with Crippen molar-refractivity contribution >= 4 is 16.9 Å². The van der Waals surface area contributed by atoms with E-state index in [2.05, 4.69) is 10.1 Å². The summed E-state index contributed by atoms with van der Waals surface area (Å²) >= 11 is 0. The number of hydrogen-bond acceptors (Lipinski definition) is 4. The zero-order valence-corrected chi connectivity index (χ0v) is 12.2. The SMILES string of the molecule is COCCn1cc(-c2cnn(C(F)(F)F)c2)c2nc(N)ccc21. The van der Waals surface area contributed by atoms with Crippen molar-refractivity contribution in [1.82, 2.24) is 19.3 Å². The predicted molar refractivity (Wildman–Crippen MR) is 78.5 cm³/mol. The average Bonchev–Trinajstić information content (AvgIpc) is 3.08. The quantitative estimate of drug-likeness (QED) is 0.800. The molecule has 3 heterocycles. The van der Waals surface area contributed by atoms with Crippen LogP contribution in [0.2, 0.25) is 0 Å². The zero-order chi connectivity index (χ0) is 16.6. The summed E-state index contributed by atoms with van der Waals surface area (Å²) in [7, 11) is 1.58. The van der Waals surface area contributed by atoms with Gasteiger partial charge in [0, 0.05) is 37.2 Å². The largest absolute Gasteiger partial charge is 0.504 e. The van der Waals surface area contributed by atoms with E-state index in [1.165, 1.54) is 0 Å². The topological polar surface area (TPSA) is 70.9 Å². The molecule has 0 aliphatic heterocycles. The molecule has 23 heavy (non-hydrogen) atoms. The molecular weight excluding hydrogens is 311 g/mol. The van der Waals surface area contributed by atoms with Crippen LogP contribution in [-0.4, -0.2) is 33.0 Å². The number of halogens is 3. The minimum atomic E-state index is -4.56. The lowest BCUT2D eigenvalue weighted by atomic mass is 10.1. The van der Waals surface area contributed by atoms with Gasteiger partial charge in [-0.15, -0.1) is 13.2 Å². The van der Waals surface area contributed by atoms with Crippen molar-refractivity contribution in [2.75, 3.05) is 19.5 Å². The molecule has 0 saturated heterocycles. The van der Waals surface area contributed by atoms with Crippen molar-refractivity contribution in [3.05, 3.63) is 30.7 Å². The summed E-state index contributed by atoms with van der Waals surface area (Å²) in [5.74, 6) is 0.298. The smallest absolute Gasteiger partial charge is 0.384 e. The van der Waals surface area contributed by atoms with Crippen molar-refractivity contribution in [2.24, 2.45) is 0 Å². The van der Waals surface area contributed by atoms with Crippen LogP contribution in [-0.2, 0) is 17.6 Å². The highest BCUT2D eigenvalue weighted by molar-refractivity contribution is 5.93. The first-order chi connectivity index (χ1) is 10.9. The van der Waals surface area contributed by atoms with Crippen molar-refractivity contribution < 1.29 is 17.9 Å². The number of methoxy groups -OCH3 is 1. The average molecular weight is 325 g/mol. The molecule has 0 radical (unpaired) electrons. The standard InChI is InChI=1S/C14H14F3N5O/c1-23-5-4-21-8-10(13-11(21)2-3-12(18)20-13)9-6-19-22(7-9)14(15,16)17/h2-3,6-8H,4-5H2,1H3,(H2,18,20). The number of anilines is 1. The summed E-state index contributed by atoms with van der Waals surface area (Å²) in [5.41, 5.74) is 7.87. The molecule has 0 fully saturated rings. The lowest BCUT2D eigenvalue weighted by Gasteiger charge is -2.03. The van der Waals surface area contributed by atoms with Crippen LogP contribution in [0.15, 0.2) is 30.7 Å². The first-order valence-corrected chi connectivity index (χ1v) is 6.76. The van der Waals surface area contributed by atoms with Crippen LogP contribution in [0, 0.1) is 0 Å². The van der Waals surface area contributed by atoms with E-state index in [9.17, 15) is 13.2 Å². The fraction of sp³-hybridized carbons (Fsp3) is 0.286. The van der Waals surface area contributed by atoms with E-state index in [4.69, 9.17) is 10.5 Å². The third-order valence-electron chi connectivity index (χ3n) is 3.43. The van der Waals surface area contributed by atoms with E-state index in [0.29, 0.717) is 35.6 Å². The molecule has 6 nitrogen and oxygen atoms in total. The Labute approximate surface area is 129 Å². The van der Waals surface area contributed by atoms with Crippen LogP contribution >= 0.6 is 0 Å². The molecule has 0 saturated carbocycles. The third-order valence-corrected chi connectivity index (χ3v) is 3.43. The normalized spacial score (nSPS) is 12.2. The molecule has 3 rings (SSSR count). The molecule has 3 aromatic rings. The molecule has 122 valence electrons. The summed E-state index contributed by atoms with van der Waals surface area (Å²) in [6.45, 7) is 1.02. The molecule has 0 aliphatic rings. The lowest BCUT2D eigenvalue weighted by molar-refractivity contribution is -0.212. The van der Waals surface area contributed by atoms with Gasteiger partial charge in [0.15, 0.2) is 0 Å². The maximum Gasteiger partial charge on any atom is 0.504 e. The van der Waals surface area contributed by atoms with Crippen LogP contribution in [0.4, 0.5) is 19.0 Å². The Kier molecular flexibility index (Phi) is 3.72. The van der Waals surface area contributed by atoms with Crippen LogP contribution in [0.3, 0.4) is 0 Å². The second-order valence-electron chi connectivity index (χ2n) is 4.97. The highest BCUT2D eigenvalue weighted by Crippen LogP contribution is 2.31. The van der Waals surface area contributed by atoms with Gasteiger partial charge in [0.2, 0.25) is 0 Å². The second kappa shape index (κ2) is 5.58. The summed E-state index contributed by atoms with van der Waals surface area (Å²) in [5, 5.41) is 3.36. The van der Waals surface area contributed by atoms with Gasteiger partial charge in [-0.3, -0.25) is 0 Å². The summed E-state index contributed by atoms with van der Waals surface area (Å²) in [6, 6.07) is 3.43. The number of alkyl halides is 3. The predicted octanol–water partition coefficient (Wildman–Crippen LogP) is 2.60. The van der Waals surface area contributed by atoms with Gasteiger partial charge < -0.3 is 15.0 Å². The second-order valence-corrected chi connectivity index (χ2v) is 4.97. The number of fused-ring (bicyclic) bond motifs is 1. The number of ether oxygens (including phenoxy) is 1. The van der Waals surface area contributed by atoms with Crippen LogP contribution < -0.4 is 5.73 Å². The van der Waals surface area contributed by atoms with Gasteiger partial charge >= 0.3 is 6.30 Å². The van der Waals surface area contributed by atoms with E-state index in [1.54, 1.807) is 25.4 Å². The first kappa shape index (κ1) is 15.3. The Morgan fingerprint density at radius 1 is 1.26 bits per heavy atom. The Morgan fingerprint density at radius 3 is 2.70 bits per heavy atom. The van der Waals surface area contributed by atoms with Gasteiger partial charge in [0.05, 0.1) is 23.8 Å². The number of rotatable bonds is 4. The molecule has 0 amide bonds. The van der Waals surface area contributed by atoms with Gasteiger partial charge in [-0.05, 0) is 12.1 Å². The fourth-order valence-electron chi connectivity index (χ4n) is 2.37. The number of pyridine rings is 1. The summed E-state index contributed by atoms with van der Waals surface area (Å²) in [4.78, 5) is 4.25. The van der Waals surface area contributed by atoms with Gasteiger partial charge in [0.25, 0.3) is 0 Å². The molecule has 3 aromatic heterocycles. The van der Waals surface area contributed by atoms with Crippen molar-refractivity contribution in [3.8, 4) is 11.1 Å². The Hall–Kier alpha value is -2.55. The highest BCUT2D eigenvalue weighted by atomic mass is 19.4. The maximum atomic E-state index is 12.7. The number of nitrogen functional groups attached to an aromatic ring is 1. The number of nitrogens with zero attached hydrogens (tertiary/aromatic N) is 4. The lowest BCUT2D eigenvalue weighted by Crippen LogP contribution is -2.16. The Bertz CT molecular complexity index is 837. The molecule has 9 heteroatoms. The third kappa shape index (κ3) is 2.87. The van der Waals surface area contributed by atoms with Gasteiger partial charge in [-0.2, -0.15) is 9.78 Å². The molecule has 0 atom stereocenters. The number of aromatic nitrogens is 4. The minimum absolute atomic E-state index is 0.0348. The summed E-state index contributed by atoms with van der Waals surface area (Å²) < 4.78 is 45.0. The molecule has 2 N–H and O–H groups in total. The van der Waals surface area contributed by atoms with E-state index < -0.39 is 6.30 Å². The maximum absolute atomic E-state index is 12.7. The van der Waals surface area contributed by atoms with Crippen molar-refractivity contribution in [3.63, 3.8) is 0 Å². The first-order valence-electron chi connectivity index (χ1n) is 6.76. The van der Waals surface area contributed by atoms with Crippen LogP contribution in [0.1, 0.15) is 0 Å². The molecule has 0 unspecified atom stereocenters. The Morgan fingerprint density at radius 2 is 2.04 bits per heavy atom. The molecule has 0 bridgehead atoms. The van der Waals surface area contributed by atoms with E-state index in [-0.39, 0.29) is 4.68 Å². The molecule has 0 aromatic carbocycles. The van der Waals surface area contributed by atoms with Crippen LogP contribution in [0.25, 0.3) is 22.2 Å². The monoisotopic (exact) mass is 325 g/mol. The molecular formula is C14H14F3N5O. The number of nitrogens with two attached hydrogens (primary N) is 1. The van der Waals surface area contributed by atoms with E-state index in [1.807, 2.05) is 4.57 Å².